The quantitative estimate of drug-likeness (QED) is 0.529. The van der Waals surface area contributed by atoms with Crippen LogP contribution in [0.5, 0.6) is 0 Å². The third-order valence-electron chi connectivity index (χ3n) is 5.59. The van der Waals surface area contributed by atoms with Crippen LogP contribution in [0.25, 0.3) is 4.85 Å². The van der Waals surface area contributed by atoms with Gasteiger partial charge in [0.05, 0.1) is 12.1 Å². The minimum absolute atomic E-state index is 0.239. The molecule has 8 heteroatoms. The van der Waals surface area contributed by atoms with Gasteiger partial charge in [-0.1, -0.05) is 49.0 Å². The molecule has 31 heavy (non-hydrogen) atoms. The van der Waals surface area contributed by atoms with Crippen LogP contribution in [0.2, 0.25) is 0 Å². The number of carbonyl (C=O) groups is 1. The van der Waals surface area contributed by atoms with Crippen LogP contribution < -0.4 is 16.4 Å². The first-order chi connectivity index (χ1) is 14.8. The van der Waals surface area contributed by atoms with Crippen molar-refractivity contribution in [3.63, 3.8) is 0 Å². The number of nitrogens with zero attached hydrogens (tertiary/aromatic N) is 4. The molecule has 1 saturated heterocycles. The Morgan fingerprint density at radius 2 is 2.03 bits per heavy atom. The lowest BCUT2D eigenvalue weighted by atomic mass is 9.91. The van der Waals surface area contributed by atoms with E-state index < -0.39 is 11.2 Å². The molecule has 0 saturated carbocycles. The average molecular weight is 435 g/mol. The fraction of sp³-hybridized carbons (Fsp3) is 0.391. The van der Waals surface area contributed by atoms with E-state index in [1.54, 1.807) is 0 Å². The van der Waals surface area contributed by atoms with Crippen molar-refractivity contribution in [1.82, 2.24) is 4.98 Å². The molecule has 0 aliphatic carbocycles. The monoisotopic (exact) mass is 434 g/mol. The highest BCUT2D eigenvalue weighted by atomic mass is 32.2. The van der Waals surface area contributed by atoms with Gasteiger partial charge in [0.2, 0.25) is 11.6 Å². The number of carbonyl (C=O) groups excluding carboxylic acids is 1. The molecule has 0 spiro atoms. The zero-order valence-corrected chi connectivity index (χ0v) is 18.6. The van der Waals surface area contributed by atoms with Gasteiger partial charge in [-0.2, -0.15) is 5.26 Å². The van der Waals surface area contributed by atoms with Gasteiger partial charge in [0.15, 0.2) is 0 Å². The van der Waals surface area contributed by atoms with Crippen LogP contribution in [-0.2, 0) is 11.2 Å². The highest BCUT2D eigenvalue weighted by Gasteiger charge is 2.31. The lowest BCUT2D eigenvalue weighted by Gasteiger charge is -2.38. The molecule has 1 aromatic carbocycles. The molecule has 7 nitrogen and oxygen atoms in total. The molecular weight excluding hydrogens is 408 g/mol. The number of benzene rings is 1. The summed E-state index contributed by atoms with van der Waals surface area (Å²) in [5.74, 6) is 0.0488. The molecule has 2 aromatic rings. The van der Waals surface area contributed by atoms with Crippen molar-refractivity contribution in [2.45, 2.75) is 48.9 Å². The Labute approximate surface area is 187 Å². The Kier molecular flexibility index (Phi) is 6.84. The number of rotatable bonds is 6. The Hall–Kier alpha value is -3.07. The third kappa shape index (κ3) is 4.82. The minimum Gasteiger partial charge on any atom is -0.368 e. The Balaban J connectivity index is 2.10. The Bertz CT molecular complexity index is 1040. The second kappa shape index (κ2) is 9.38. The van der Waals surface area contributed by atoms with Crippen molar-refractivity contribution in [3.05, 3.63) is 58.4 Å². The topological polar surface area (TPSA) is 113 Å². The van der Waals surface area contributed by atoms with Gasteiger partial charge in [-0.15, -0.1) is 0 Å². The summed E-state index contributed by atoms with van der Waals surface area (Å²) in [6.45, 7) is 13.1. The molecule has 1 unspecified atom stereocenters. The van der Waals surface area contributed by atoms with Crippen LogP contribution in [0.4, 0.5) is 11.5 Å². The molecule has 160 valence electrons. The van der Waals surface area contributed by atoms with E-state index in [0.717, 1.165) is 18.4 Å². The molecule has 1 amide bonds. The summed E-state index contributed by atoms with van der Waals surface area (Å²) in [6, 6.07) is 11.4. The van der Waals surface area contributed by atoms with Crippen molar-refractivity contribution in [3.8, 4) is 6.07 Å². The molecule has 1 aromatic heterocycles. The van der Waals surface area contributed by atoms with Gasteiger partial charge in [0.1, 0.15) is 22.2 Å². The lowest BCUT2D eigenvalue weighted by molar-refractivity contribution is -0.117. The third-order valence-corrected chi connectivity index (χ3v) is 6.85. The first-order valence-corrected chi connectivity index (χ1v) is 11.1. The van der Waals surface area contributed by atoms with Gasteiger partial charge in [-0.3, -0.25) is 4.79 Å². The van der Waals surface area contributed by atoms with Gasteiger partial charge in [-0.05, 0) is 37.3 Å². The number of primary amides is 1. The van der Waals surface area contributed by atoms with Crippen LogP contribution in [-0.4, -0.2) is 29.5 Å². The first kappa shape index (κ1) is 22.6. The van der Waals surface area contributed by atoms with Crippen molar-refractivity contribution in [1.29, 1.82) is 5.26 Å². The number of hydrogen-bond acceptors (Lipinski definition) is 6. The van der Waals surface area contributed by atoms with Crippen molar-refractivity contribution in [2.24, 2.45) is 11.5 Å². The van der Waals surface area contributed by atoms with Crippen LogP contribution in [0.3, 0.4) is 0 Å². The SMILES string of the molecule is [C-]#[N+]c1c(N2CCC(C)(N)CC2)nc(SC(C(N)=O)c2ccccc2)c(C#N)c1CC. The summed E-state index contributed by atoms with van der Waals surface area (Å²) >= 11 is 1.17. The number of nitrogens with two attached hydrogens (primary N) is 2. The van der Waals surface area contributed by atoms with Gasteiger partial charge in [0, 0.05) is 18.6 Å². The predicted octanol–water partition coefficient (Wildman–Crippen LogP) is 3.70. The summed E-state index contributed by atoms with van der Waals surface area (Å²) in [7, 11) is 0. The molecule has 1 atom stereocenters. The Morgan fingerprint density at radius 1 is 1.39 bits per heavy atom. The van der Waals surface area contributed by atoms with Crippen LogP contribution >= 0.6 is 11.8 Å². The zero-order chi connectivity index (χ0) is 22.6. The molecule has 1 fully saturated rings. The van der Waals surface area contributed by atoms with Crippen molar-refractivity contribution >= 4 is 29.2 Å². The van der Waals surface area contributed by atoms with Crippen LogP contribution in [0, 0.1) is 17.9 Å². The number of anilines is 1. The van der Waals surface area contributed by atoms with Gasteiger partial charge < -0.3 is 16.4 Å². The van der Waals surface area contributed by atoms with E-state index in [9.17, 15) is 10.1 Å². The predicted molar refractivity (Wildman–Crippen MR) is 123 cm³/mol. The van der Waals surface area contributed by atoms with Crippen LogP contribution in [0.1, 0.15) is 48.6 Å². The van der Waals surface area contributed by atoms with Crippen molar-refractivity contribution < 1.29 is 4.79 Å². The van der Waals surface area contributed by atoms with Crippen molar-refractivity contribution in [2.75, 3.05) is 18.0 Å². The maximum atomic E-state index is 12.3. The maximum Gasteiger partial charge on any atom is 0.235 e. The number of amides is 1. The van der Waals surface area contributed by atoms with Gasteiger partial charge in [-0.25, -0.2) is 9.83 Å². The van der Waals surface area contributed by atoms with E-state index in [4.69, 9.17) is 23.0 Å². The summed E-state index contributed by atoms with van der Waals surface area (Å²) in [5, 5.41) is 9.63. The van der Waals surface area contributed by atoms with E-state index in [0.29, 0.717) is 47.2 Å². The van der Waals surface area contributed by atoms with Gasteiger partial charge >= 0.3 is 0 Å². The number of nitriles is 1. The molecular formula is C23H26N6OS. The van der Waals surface area contributed by atoms with E-state index in [1.807, 2.05) is 44.2 Å². The smallest absolute Gasteiger partial charge is 0.235 e. The molecule has 1 aliphatic rings. The molecule has 0 radical (unpaired) electrons. The number of thioether (sulfide) groups is 1. The summed E-state index contributed by atoms with van der Waals surface area (Å²) < 4.78 is 0. The van der Waals surface area contributed by atoms with Crippen LogP contribution in [0.15, 0.2) is 35.4 Å². The Morgan fingerprint density at radius 3 is 2.55 bits per heavy atom. The normalized spacial score (nSPS) is 16.2. The average Bonchev–Trinajstić information content (AvgIpc) is 2.76. The zero-order valence-electron chi connectivity index (χ0n) is 17.8. The number of aromatic nitrogens is 1. The summed E-state index contributed by atoms with van der Waals surface area (Å²) in [4.78, 5) is 22.8. The largest absolute Gasteiger partial charge is 0.368 e. The van der Waals surface area contributed by atoms with E-state index in [1.165, 1.54) is 11.8 Å². The van der Waals surface area contributed by atoms with Gasteiger partial charge in [0.25, 0.3) is 0 Å². The standard InChI is InChI=1S/C23H26N6OS/c1-4-16-17(14-24)22(31-19(20(25)30)15-8-6-5-7-9-15)28-21(18(16)27-3)29-12-10-23(2,26)11-13-29/h5-9,19H,4,10-13,26H2,1-2H3,(H2,25,30). The first-order valence-electron chi connectivity index (χ1n) is 10.2. The highest BCUT2D eigenvalue weighted by Crippen LogP contribution is 2.43. The molecule has 1 aliphatic heterocycles. The van der Waals surface area contributed by atoms with E-state index in [-0.39, 0.29) is 5.54 Å². The lowest BCUT2D eigenvalue weighted by Crippen LogP contribution is -2.48. The number of pyridine rings is 1. The molecule has 0 bridgehead atoms. The summed E-state index contributed by atoms with van der Waals surface area (Å²) in [5.41, 5.74) is 13.9. The van der Waals surface area contributed by atoms with E-state index in [2.05, 4.69) is 15.8 Å². The summed E-state index contributed by atoms with van der Waals surface area (Å²) in [6.07, 6.45) is 2.08. The number of hydrogen-bond donors (Lipinski definition) is 2. The maximum absolute atomic E-state index is 12.3. The second-order valence-electron chi connectivity index (χ2n) is 7.97. The minimum atomic E-state index is -0.689. The number of piperidine rings is 1. The molecule has 2 heterocycles. The van der Waals surface area contributed by atoms with E-state index >= 15 is 0 Å². The molecule has 4 N–H and O–H groups in total. The molecule has 3 rings (SSSR count). The second-order valence-corrected chi connectivity index (χ2v) is 9.07. The fourth-order valence-corrected chi connectivity index (χ4v) is 4.79. The highest BCUT2D eigenvalue weighted by molar-refractivity contribution is 8.00. The fourth-order valence-electron chi connectivity index (χ4n) is 3.73.